The van der Waals surface area contributed by atoms with Gasteiger partial charge < -0.3 is 9.84 Å². The molecule has 0 spiro atoms. The first kappa shape index (κ1) is 10.5. The molecule has 3 nitrogen and oxygen atoms in total. The Bertz CT molecular complexity index is 211. The zero-order valence-electron chi connectivity index (χ0n) is 8.29. The minimum absolute atomic E-state index is 0.101. The fourth-order valence-corrected chi connectivity index (χ4v) is 1.49. The standard InChI is InChI=1S/C10H17NO2/c1-8(5-6-11)3-4-9-10(2,7-12)13-9/h8-9,12H,3-5,7H2,1-2H3/t8-,9-,10-/m1/s1. The average Bonchev–Trinajstić information content (AvgIpc) is 2.76. The minimum Gasteiger partial charge on any atom is -0.393 e. The third-order valence-electron chi connectivity index (χ3n) is 2.71. The number of hydrogen-bond acceptors (Lipinski definition) is 3. The summed E-state index contributed by atoms with van der Waals surface area (Å²) in [6.45, 7) is 4.10. The maximum atomic E-state index is 8.93. The fourth-order valence-electron chi connectivity index (χ4n) is 1.49. The van der Waals surface area contributed by atoms with Crippen LogP contribution in [0.4, 0.5) is 0 Å². The Labute approximate surface area is 79.3 Å². The molecule has 0 amide bonds. The van der Waals surface area contributed by atoms with Crippen LogP contribution in [0.25, 0.3) is 0 Å². The van der Waals surface area contributed by atoms with Crippen molar-refractivity contribution in [1.82, 2.24) is 0 Å². The number of aliphatic hydroxyl groups is 1. The second kappa shape index (κ2) is 4.08. The third-order valence-corrected chi connectivity index (χ3v) is 2.71. The van der Waals surface area contributed by atoms with Gasteiger partial charge in [-0.1, -0.05) is 6.92 Å². The first-order valence-electron chi connectivity index (χ1n) is 4.78. The van der Waals surface area contributed by atoms with Gasteiger partial charge in [-0.3, -0.25) is 0 Å². The lowest BCUT2D eigenvalue weighted by atomic mass is 9.97. The Balaban J connectivity index is 2.12. The van der Waals surface area contributed by atoms with Crippen LogP contribution in [0.15, 0.2) is 0 Å². The molecule has 13 heavy (non-hydrogen) atoms. The first-order chi connectivity index (χ1) is 6.12. The molecule has 3 atom stereocenters. The highest BCUT2D eigenvalue weighted by Crippen LogP contribution is 2.39. The normalized spacial score (nSPS) is 33.8. The van der Waals surface area contributed by atoms with Crippen molar-refractivity contribution in [2.45, 2.75) is 44.8 Å². The predicted octanol–water partition coefficient (Wildman–Crippen LogP) is 1.47. The van der Waals surface area contributed by atoms with E-state index < -0.39 is 0 Å². The average molecular weight is 183 g/mol. The van der Waals surface area contributed by atoms with Crippen molar-refractivity contribution in [3.8, 4) is 6.07 Å². The molecule has 1 fully saturated rings. The van der Waals surface area contributed by atoms with Crippen LogP contribution in [0.5, 0.6) is 0 Å². The second-order valence-corrected chi connectivity index (χ2v) is 4.12. The van der Waals surface area contributed by atoms with Gasteiger partial charge in [0.1, 0.15) is 5.60 Å². The van der Waals surface area contributed by atoms with E-state index >= 15 is 0 Å². The molecule has 0 radical (unpaired) electrons. The summed E-state index contributed by atoms with van der Waals surface area (Å²) in [5.74, 6) is 0.442. The molecule has 0 saturated carbocycles. The van der Waals surface area contributed by atoms with E-state index in [9.17, 15) is 0 Å². The molecule has 1 N–H and O–H groups in total. The molecule has 1 saturated heterocycles. The van der Waals surface area contributed by atoms with E-state index in [1.54, 1.807) is 0 Å². The molecular formula is C10H17NO2. The molecule has 0 unspecified atom stereocenters. The van der Waals surface area contributed by atoms with Crippen LogP contribution in [-0.2, 0) is 4.74 Å². The largest absolute Gasteiger partial charge is 0.393 e. The van der Waals surface area contributed by atoms with Crippen LogP contribution in [0, 0.1) is 17.2 Å². The lowest BCUT2D eigenvalue weighted by Crippen LogP contribution is -2.15. The SMILES string of the molecule is C[C@@H](CC#N)CC[C@H]1O[C@]1(C)CO. The van der Waals surface area contributed by atoms with Gasteiger partial charge in [0.2, 0.25) is 0 Å². The highest BCUT2D eigenvalue weighted by Gasteiger charge is 2.51. The second-order valence-electron chi connectivity index (χ2n) is 4.12. The van der Waals surface area contributed by atoms with Crippen LogP contribution in [0.2, 0.25) is 0 Å². The van der Waals surface area contributed by atoms with Crippen molar-refractivity contribution in [2.24, 2.45) is 5.92 Å². The van der Waals surface area contributed by atoms with Crippen molar-refractivity contribution in [3.05, 3.63) is 0 Å². The molecule has 1 aliphatic heterocycles. The van der Waals surface area contributed by atoms with Gasteiger partial charge in [0.05, 0.1) is 18.8 Å². The smallest absolute Gasteiger partial charge is 0.115 e. The summed E-state index contributed by atoms with van der Waals surface area (Å²) in [5.41, 5.74) is -0.285. The third kappa shape index (κ3) is 2.68. The molecule has 1 heterocycles. The van der Waals surface area contributed by atoms with E-state index in [4.69, 9.17) is 15.1 Å². The van der Waals surface area contributed by atoms with Gasteiger partial charge in [-0.2, -0.15) is 5.26 Å². The van der Waals surface area contributed by atoms with Gasteiger partial charge in [0.25, 0.3) is 0 Å². The highest BCUT2D eigenvalue weighted by atomic mass is 16.6. The van der Waals surface area contributed by atoms with E-state index in [2.05, 4.69) is 13.0 Å². The van der Waals surface area contributed by atoms with Gasteiger partial charge in [-0.05, 0) is 25.7 Å². The summed E-state index contributed by atoms with van der Waals surface area (Å²) < 4.78 is 5.35. The lowest BCUT2D eigenvalue weighted by Gasteiger charge is -2.05. The summed E-state index contributed by atoms with van der Waals surface area (Å²) >= 11 is 0. The molecule has 0 aromatic rings. The number of hydrogen-bond donors (Lipinski definition) is 1. The number of aliphatic hydroxyl groups excluding tert-OH is 1. The molecule has 0 aromatic heterocycles. The van der Waals surface area contributed by atoms with Crippen molar-refractivity contribution < 1.29 is 9.84 Å². The summed E-state index contributed by atoms with van der Waals surface area (Å²) in [5, 5.41) is 17.4. The van der Waals surface area contributed by atoms with Gasteiger partial charge in [-0.15, -0.1) is 0 Å². The number of nitriles is 1. The summed E-state index contributed by atoms with van der Waals surface area (Å²) in [4.78, 5) is 0. The van der Waals surface area contributed by atoms with E-state index in [0.717, 1.165) is 12.8 Å². The highest BCUT2D eigenvalue weighted by molar-refractivity contribution is 4.98. The molecule has 3 heteroatoms. The van der Waals surface area contributed by atoms with Crippen molar-refractivity contribution in [1.29, 1.82) is 5.26 Å². The van der Waals surface area contributed by atoms with Crippen LogP contribution in [-0.4, -0.2) is 23.4 Å². The molecule has 1 rings (SSSR count). The molecule has 0 aromatic carbocycles. The molecular weight excluding hydrogens is 166 g/mol. The Kier molecular flexibility index (Phi) is 3.29. The zero-order valence-corrected chi connectivity index (χ0v) is 8.29. The van der Waals surface area contributed by atoms with E-state index in [-0.39, 0.29) is 18.3 Å². The maximum absolute atomic E-state index is 8.93. The number of epoxide rings is 1. The van der Waals surface area contributed by atoms with Crippen molar-refractivity contribution in [3.63, 3.8) is 0 Å². The zero-order chi connectivity index (χ0) is 9.90. The molecule has 0 aliphatic carbocycles. The Morgan fingerprint density at radius 1 is 1.69 bits per heavy atom. The Hall–Kier alpha value is -0.590. The monoisotopic (exact) mass is 183 g/mol. The topological polar surface area (TPSA) is 56.5 Å². The van der Waals surface area contributed by atoms with E-state index in [0.29, 0.717) is 12.3 Å². The van der Waals surface area contributed by atoms with Crippen molar-refractivity contribution in [2.75, 3.05) is 6.61 Å². The maximum Gasteiger partial charge on any atom is 0.115 e. The van der Waals surface area contributed by atoms with E-state index in [1.807, 2.05) is 6.92 Å². The Morgan fingerprint density at radius 2 is 2.38 bits per heavy atom. The van der Waals surface area contributed by atoms with Crippen LogP contribution in [0.1, 0.15) is 33.1 Å². The molecule has 1 aliphatic rings. The molecule has 74 valence electrons. The van der Waals surface area contributed by atoms with Gasteiger partial charge >= 0.3 is 0 Å². The number of nitrogens with zero attached hydrogens (tertiary/aromatic N) is 1. The first-order valence-corrected chi connectivity index (χ1v) is 4.78. The van der Waals surface area contributed by atoms with Gasteiger partial charge in [-0.25, -0.2) is 0 Å². The van der Waals surface area contributed by atoms with Crippen LogP contribution >= 0.6 is 0 Å². The summed E-state index contributed by atoms with van der Waals surface area (Å²) in [7, 11) is 0. The van der Waals surface area contributed by atoms with Crippen LogP contribution in [0.3, 0.4) is 0 Å². The van der Waals surface area contributed by atoms with E-state index in [1.165, 1.54) is 0 Å². The Morgan fingerprint density at radius 3 is 2.85 bits per heavy atom. The number of ether oxygens (including phenoxy) is 1. The van der Waals surface area contributed by atoms with Crippen LogP contribution < -0.4 is 0 Å². The quantitative estimate of drug-likeness (QED) is 0.656. The van der Waals surface area contributed by atoms with Crippen molar-refractivity contribution >= 4 is 0 Å². The summed E-state index contributed by atoms with van der Waals surface area (Å²) in [6.07, 6.45) is 2.79. The fraction of sp³-hybridized carbons (Fsp3) is 0.900. The predicted molar refractivity (Wildman–Crippen MR) is 49.0 cm³/mol. The molecule has 0 bridgehead atoms. The number of rotatable bonds is 5. The summed E-state index contributed by atoms with van der Waals surface area (Å²) in [6, 6.07) is 2.16. The van der Waals surface area contributed by atoms with Gasteiger partial charge in [0, 0.05) is 6.42 Å². The van der Waals surface area contributed by atoms with Gasteiger partial charge in [0.15, 0.2) is 0 Å². The lowest BCUT2D eigenvalue weighted by molar-refractivity contribution is 0.184. The minimum atomic E-state index is -0.285.